The van der Waals surface area contributed by atoms with Gasteiger partial charge in [-0.3, -0.25) is 9.58 Å². The monoisotopic (exact) mass is 210 g/mol. The van der Waals surface area contributed by atoms with Gasteiger partial charge < -0.3 is 10.5 Å². The maximum Gasteiger partial charge on any atom is 0.0895 e. The molecule has 0 amide bonds. The molecule has 0 radical (unpaired) electrons. The van der Waals surface area contributed by atoms with Crippen LogP contribution in [0.2, 0.25) is 0 Å². The maximum absolute atomic E-state index is 5.72. The summed E-state index contributed by atoms with van der Waals surface area (Å²) in [5, 5.41) is 4.19. The molecule has 0 bridgehead atoms. The van der Waals surface area contributed by atoms with Crippen LogP contribution in [0, 0.1) is 0 Å². The molecule has 2 unspecified atom stereocenters. The first kappa shape index (κ1) is 10.6. The van der Waals surface area contributed by atoms with E-state index in [0.29, 0.717) is 6.54 Å². The number of morpholine rings is 1. The highest BCUT2D eigenvalue weighted by molar-refractivity contribution is 5.13. The molecule has 1 aromatic rings. The lowest BCUT2D eigenvalue weighted by Crippen LogP contribution is -2.46. The van der Waals surface area contributed by atoms with Gasteiger partial charge in [0, 0.05) is 31.9 Å². The Morgan fingerprint density at radius 2 is 2.40 bits per heavy atom. The van der Waals surface area contributed by atoms with E-state index < -0.39 is 0 Å². The van der Waals surface area contributed by atoms with Gasteiger partial charge in [0.2, 0.25) is 0 Å². The van der Waals surface area contributed by atoms with E-state index in [1.54, 1.807) is 0 Å². The average molecular weight is 210 g/mol. The minimum Gasteiger partial charge on any atom is -0.374 e. The molecule has 1 aliphatic heterocycles. The number of nitrogens with zero attached hydrogens (tertiary/aromatic N) is 3. The Kier molecular flexibility index (Phi) is 3.04. The van der Waals surface area contributed by atoms with Gasteiger partial charge in [0.05, 0.1) is 24.9 Å². The number of hydrogen-bond acceptors (Lipinski definition) is 4. The summed E-state index contributed by atoms with van der Waals surface area (Å²) in [4.78, 5) is 2.28. The van der Waals surface area contributed by atoms with Crippen molar-refractivity contribution in [1.82, 2.24) is 14.7 Å². The Morgan fingerprint density at radius 1 is 1.60 bits per heavy atom. The molecule has 0 aromatic carbocycles. The van der Waals surface area contributed by atoms with Crippen molar-refractivity contribution in [3.8, 4) is 0 Å². The minimum atomic E-state index is 0.0768. The Balaban J connectivity index is 2.22. The van der Waals surface area contributed by atoms with E-state index >= 15 is 0 Å². The summed E-state index contributed by atoms with van der Waals surface area (Å²) in [7, 11) is 4.02. The van der Waals surface area contributed by atoms with Gasteiger partial charge in [0.1, 0.15) is 0 Å². The Bertz CT molecular complexity index is 325. The van der Waals surface area contributed by atoms with Crippen LogP contribution in [0.15, 0.2) is 12.4 Å². The number of rotatable bonds is 2. The van der Waals surface area contributed by atoms with Crippen molar-refractivity contribution in [1.29, 1.82) is 0 Å². The molecule has 1 saturated heterocycles. The lowest BCUT2D eigenvalue weighted by Gasteiger charge is -2.38. The molecule has 2 N–H and O–H groups in total. The van der Waals surface area contributed by atoms with E-state index in [4.69, 9.17) is 10.5 Å². The molecule has 0 spiro atoms. The predicted molar refractivity (Wildman–Crippen MR) is 57.4 cm³/mol. The third kappa shape index (κ3) is 2.04. The SMILES string of the molecule is CN1CCOC(CN)C1c1cnn(C)c1. The smallest absolute Gasteiger partial charge is 0.0895 e. The molecule has 84 valence electrons. The number of hydrogen-bond donors (Lipinski definition) is 1. The van der Waals surface area contributed by atoms with E-state index in [9.17, 15) is 0 Å². The quantitative estimate of drug-likeness (QED) is 0.731. The van der Waals surface area contributed by atoms with Crippen LogP contribution in [0.3, 0.4) is 0 Å². The second kappa shape index (κ2) is 4.30. The van der Waals surface area contributed by atoms with Crippen molar-refractivity contribution < 1.29 is 4.74 Å². The molecule has 2 rings (SSSR count). The van der Waals surface area contributed by atoms with Crippen LogP contribution in [0.5, 0.6) is 0 Å². The number of ether oxygens (including phenoxy) is 1. The first-order valence-corrected chi connectivity index (χ1v) is 5.23. The molecule has 5 nitrogen and oxygen atoms in total. The van der Waals surface area contributed by atoms with E-state index in [2.05, 4.69) is 17.0 Å². The van der Waals surface area contributed by atoms with E-state index in [1.807, 2.05) is 24.1 Å². The molecule has 15 heavy (non-hydrogen) atoms. The third-order valence-corrected chi connectivity index (χ3v) is 2.90. The maximum atomic E-state index is 5.72. The number of nitrogens with two attached hydrogens (primary N) is 1. The first-order valence-electron chi connectivity index (χ1n) is 5.23. The van der Waals surface area contributed by atoms with Gasteiger partial charge in [-0.05, 0) is 7.05 Å². The lowest BCUT2D eigenvalue weighted by atomic mass is 10.0. The highest BCUT2D eigenvalue weighted by Gasteiger charge is 2.31. The average Bonchev–Trinajstić information content (AvgIpc) is 2.64. The van der Waals surface area contributed by atoms with Crippen molar-refractivity contribution in [2.45, 2.75) is 12.1 Å². The van der Waals surface area contributed by atoms with Crippen LogP contribution in [0.4, 0.5) is 0 Å². The van der Waals surface area contributed by atoms with Crippen molar-refractivity contribution in [3.63, 3.8) is 0 Å². The third-order valence-electron chi connectivity index (χ3n) is 2.90. The fraction of sp³-hybridized carbons (Fsp3) is 0.700. The zero-order valence-electron chi connectivity index (χ0n) is 9.26. The van der Waals surface area contributed by atoms with Crippen molar-refractivity contribution in [2.24, 2.45) is 12.8 Å². The molecule has 1 aromatic heterocycles. The fourth-order valence-electron chi connectivity index (χ4n) is 2.12. The molecule has 1 fully saturated rings. The van der Waals surface area contributed by atoms with Crippen molar-refractivity contribution >= 4 is 0 Å². The summed E-state index contributed by atoms with van der Waals surface area (Å²) in [6, 6.07) is 0.234. The Morgan fingerprint density at radius 3 is 3.00 bits per heavy atom. The predicted octanol–water partition coefficient (Wildman–Crippen LogP) is -0.249. The molecular formula is C10H18N4O. The van der Waals surface area contributed by atoms with Crippen LogP contribution in [-0.4, -0.2) is 47.5 Å². The largest absolute Gasteiger partial charge is 0.374 e. The van der Waals surface area contributed by atoms with Gasteiger partial charge in [-0.25, -0.2) is 0 Å². The van der Waals surface area contributed by atoms with Gasteiger partial charge >= 0.3 is 0 Å². The molecular weight excluding hydrogens is 192 g/mol. The Hall–Kier alpha value is -0.910. The lowest BCUT2D eigenvalue weighted by molar-refractivity contribution is -0.0576. The zero-order valence-corrected chi connectivity index (χ0v) is 9.26. The van der Waals surface area contributed by atoms with Crippen LogP contribution in [0.1, 0.15) is 11.6 Å². The molecule has 0 saturated carbocycles. The highest BCUT2D eigenvalue weighted by Crippen LogP contribution is 2.27. The summed E-state index contributed by atoms with van der Waals surface area (Å²) in [5.41, 5.74) is 6.90. The van der Waals surface area contributed by atoms with Crippen molar-refractivity contribution in [3.05, 3.63) is 18.0 Å². The van der Waals surface area contributed by atoms with E-state index in [-0.39, 0.29) is 12.1 Å². The van der Waals surface area contributed by atoms with Crippen LogP contribution in [0.25, 0.3) is 0 Å². The summed E-state index contributed by atoms with van der Waals surface area (Å²) < 4.78 is 7.48. The summed E-state index contributed by atoms with van der Waals surface area (Å²) in [6.45, 7) is 2.25. The second-order valence-electron chi connectivity index (χ2n) is 4.02. The summed E-state index contributed by atoms with van der Waals surface area (Å²) >= 11 is 0. The highest BCUT2D eigenvalue weighted by atomic mass is 16.5. The van der Waals surface area contributed by atoms with Crippen LogP contribution in [-0.2, 0) is 11.8 Å². The second-order valence-corrected chi connectivity index (χ2v) is 4.02. The van der Waals surface area contributed by atoms with Gasteiger partial charge in [-0.2, -0.15) is 5.10 Å². The first-order chi connectivity index (χ1) is 7.22. The molecule has 2 heterocycles. The van der Waals surface area contributed by atoms with Gasteiger partial charge in [0.15, 0.2) is 0 Å². The fourth-order valence-corrected chi connectivity index (χ4v) is 2.12. The van der Waals surface area contributed by atoms with Gasteiger partial charge in [-0.15, -0.1) is 0 Å². The zero-order chi connectivity index (χ0) is 10.8. The molecule has 1 aliphatic rings. The molecule has 2 atom stereocenters. The van der Waals surface area contributed by atoms with Gasteiger partial charge in [0.25, 0.3) is 0 Å². The van der Waals surface area contributed by atoms with Gasteiger partial charge in [-0.1, -0.05) is 0 Å². The topological polar surface area (TPSA) is 56.3 Å². The van der Waals surface area contributed by atoms with E-state index in [1.165, 1.54) is 5.56 Å². The normalized spacial score (nSPS) is 28.2. The van der Waals surface area contributed by atoms with Crippen molar-refractivity contribution in [2.75, 3.05) is 26.7 Å². The van der Waals surface area contributed by atoms with E-state index in [0.717, 1.165) is 13.2 Å². The number of aromatic nitrogens is 2. The Labute approximate surface area is 89.8 Å². The van der Waals surface area contributed by atoms with Crippen LogP contribution >= 0.6 is 0 Å². The standard InChI is InChI=1S/C10H18N4O/c1-13-3-4-15-9(5-11)10(13)8-6-12-14(2)7-8/h6-7,9-10H,3-5,11H2,1-2H3. The number of likely N-dealkylation sites (N-methyl/N-ethyl adjacent to an activating group) is 1. The van der Waals surface area contributed by atoms with Crippen LogP contribution < -0.4 is 5.73 Å². The number of aryl methyl sites for hydroxylation is 1. The summed E-state index contributed by atoms with van der Waals surface area (Å²) in [5.74, 6) is 0. The molecule has 0 aliphatic carbocycles. The summed E-state index contributed by atoms with van der Waals surface area (Å²) in [6.07, 6.45) is 3.99. The minimum absolute atomic E-state index is 0.0768. The molecule has 5 heteroatoms.